The maximum absolute atomic E-state index is 13.4. The number of aryl methyl sites for hydroxylation is 3. The number of nitrogens with one attached hydrogen (secondary N) is 4. The van der Waals surface area contributed by atoms with Crippen LogP contribution in [0.5, 0.6) is 0 Å². The average molecular weight is 1980 g/mol. The topological polar surface area (TPSA) is 379 Å². The Labute approximate surface area is 845 Å². The Morgan fingerprint density at radius 2 is 1.01 bits per heavy atom. The molecule has 12 aliphatic heterocycles. The van der Waals surface area contributed by atoms with E-state index in [1.54, 1.807) is 0 Å². The number of aliphatic hydroxyl groups is 3. The van der Waals surface area contributed by atoms with E-state index in [9.17, 15) is 44.4 Å². The summed E-state index contributed by atoms with van der Waals surface area (Å²) in [5, 5.41) is 57.1. The highest BCUT2D eigenvalue weighted by atomic mass is 32.0. The van der Waals surface area contributed by atoms with Gasteiger partial charge in [0.15, 0.2) is 0 Å². The molecule has 2 fully saturated rings. The number of hydrogen-bond acceptors (Lipinski definition) is 22. The molecule has 2 aliphatic carbocycles. The highest BCUT2D eigenvalue weighted by Gasteiger charge is 2.46. The molecule has 17 rings (SSSR count). The number of fused-ring (bicyclic) bond motifs is 18. The van der Waals surface area contributed by atoms with Gasteiger partial charge >= 0.3 is 29.8 Å². The Kier molecular flexibility index (Phi) is 35.4. The first-order valence-corrected chi connectivity index (χ1v) is 53.1. The Hall–Kier alpha value is -12.5. The minimum Gasteiger partial charge on any atom is -0.511 e. The summed E-state index contributed by atoms with van der Waals surface area (Å²) >= 11 is 0. The molecule has 0 radical (unpaired) electrons. The number of allylic oxidation sites excluding steroid dienone is 24. The highest BCUT2D eigenvalue weighted by Crippen LogP contribution is 2.52. The van der Waals surface area contributed by atoms with E-state index >= 15 is 0 Å². The zero-order valence-electron chi connectivity index (χ0n) is 87.0. The number of nitrogens with zero attached hydrogens (tertiary/aromatic N) is 8. The SMILES string of the molecule is C=CC1=C(C)C2=NC1=CC1=NC(=CC3=C(C)C4=C(O)CC(=C5NC(=C2)[C@@H](C)[C@@H]5CCC(=O)O)C4=N3)C(CC)=C1C.C=Cc1c(C)c2cc3nc(c(CC(=O)OC)c4nc(cc5[nH]c(cc1[nH]2)c(C)c5CC)C(C)=C4C(=O)OC)[C@@H](CCC(=O)OC)[C@@H]3C.CCCCCCO.CCCCCCOC(C)C1=C(C)C2=NC1=CC1=NC(=CC3=C(C)C4=C(O)CC(=C5NC(=C2)[C@@H](C)[C@@H]5CCC(=O)O)C4=N3)C(CC)=C1C.PP. The number of aliphatic hydroxyl groups excluding tert-OH is 3. The van der Waals surface area contributed by atoms with E-state index in [0.29, 0.717) is 85.1 Å². The number of hydrogen-bond donors (Lipinski definition) is 9. The first kappa shape index (κ1) is 108. The Balaban J connectivity index is 0.000000173. The van der Waals surface area contributed by atoms with E-state index in [1.807, 2.05) is 77.1 Å². The number of ether oxygens (including phenoxy) is 4. The van der Waals surface area contributed by atoms with Crippen LogP contribution in [-0.2, 0) is 55.8 Å². The van der Waals surface area contributed by atoms with Crippen LogP contribution in [0.15, 0.2) is 250 Å². The average Bonchev–Trinajstić information content (AvgIpc) is 1.58. The first-order valence-electron chi connectivity index (χ1n) is 50.4. The van der Waals surface area contributed by atoms with E-state index < -0.39 is 23.9 Å². The standard InChI is InChI=1S/C39H48N4O4.C37H42N4O6.C33H34N4O3.C6H14O.H4P2/c1-8-10-11-12-15-47-24(7)36-22(5)30-17-29-21(4)26(13-14-35(45)46)38(42-29)27-16-34(44)37-23(6)31(43-39(27)37)18-32-25(9-2)20(3)28(40-32)19-33(36)41-30;1-10-22-18(3)26-15-28-20(5)24(12-13-32(42)45-7)35(40-28)25(14-33(43)46-8)36-34(37(44)47-9)21(6)29(41-36)17-31-23(11-2)19(4)27(39-31)16-30(22)38-26;1-7-19-15(3)23-12-25-17(5)21(9-10-30(39)40)32(36-25)22-11-29(38)31-18(6)26(37-33(22)31)14-28-20(8-2)16(4)24(35-28)13-27(19)34-23;1-2-3-4-5-6-7;1-2/h17-19,21,24,26,42,44H,8-16H2,1-7H3,(H,45,46);10,15-17,20,24,38-39H,1,11-14H2,2-9H3;7,12-14,17,21,36,38H,1,8-11H2,2-6H3,(H,39,40);7H,2-6H2,1H3;1-2H2/t21-,24?,26-;20-,24-;17-,21-;;/m000../s1. The van der Waals surface area contributed by atoms with Crippen LogP contribution >= 0.6 is 17.9 Å². The first-order chi connectivity index (χ1) is 68.5. The van der Waals surface area contributed by atoms with Crippen LogP contribution in [0.3, 0.4) is 0 Å². The molecule has 756 valence electrons. The molecule has 0 spiro atoms. The summed E-state index contributed by atoms with van der Waals surface area (Å²) < 4.78 is 21.8. The van der Waals surface area contributed by atoms with Crippen molar-refractivity contribution >= 4 is 121 Å². The van der Waals surface area contributed by atoms with Crippen molar-refractivity contribution in [3.8, 4) is 0 Å². The highest BCUT2D eigenvalue weighted by molar-refractivity contribution is 7.92. The molecule has 0 amide bonds. The van der Waals surface area contributed by atoms with E-state index in [4.69, 9.17) is 64.0 Å². The fourth-order valence-corrected chi connectivity index (χ4v) is 21.8. The van der Waals surface area contributed by atoms with Crippen molar-refractivity contribution in [1.29, 1.82) is 0 Å². The van der Waals surface area contributed by atoms with Gasteiger partial charge in [-0.25, -0.2) is 39.7 Å². The van der Waals surface area contributed by atoms with Gasteiger partial charge in [0.1, 0.15) is 11.5 Å². The van der Waals surface area contributed by atoms with Crippen LogP contribution in [0, 0.1) is 37.5 Å². The smallest absolute Gasteiger partial charge is 0.340 e. The number of aromatic amines is 2. The molecule has 2 saturated heterocycles. The lowest BCUT2D eigenvalue weighted by atomic mass is 9.84. The number of carbonyl (C=O) groups excluding carboxylic acids is 3. The quantitative estimate of drug-likeness (QED) is 0.0141. The van der Waals surface area contributed by atoms with Gasteiger partial charge in [-0.2, -0.15) is 0 Å². The minimum absolute atomic E-state index is 0.0215. The Morgan fingerprint density at radius 1 is 0.510 bits per heavy atom. The normalized spacial score (nSPS) is 20.7. The maximum atomic E-state index is 13.4. The third kappa shape index (κ3) is 22.0. The van der Waals surface area contributed by atoms with Gasteiger partial charge in [-0.05, 0) is 242 Å². The van der Waals surface area contributed by atoms with Gasteiger partial charge < -0.3 is 65.1 Å². The number of rotatable bonds is 28. The number of aromatic nitrogens is 4. The minimum atomic E-state index is -0.819. The summed E-state index contributed by atoms with van der Waals surface area (Å²) in [7, 11) is 8.67. The lowest BCUT2D eigenvalue weighted by Crippen LogP contribution is -2.15. The van der Waals surface area contributed by atoms with Gasteiger partial charge in [0.2, 0.25) is 0 Å². The fourth-order valence-electron chi connectivity index (χ4n) is 21.8. The van der Waals surface area contributed by atoms with E-state index in [1.165, 1.54) is 64.6 Å². The fraction of sp³-hybridized carbons (Fsp3) is 0.435. The van der Waals surface area contributed by atoms with Crippen molar-refractivity contribution in [2.24, 2.45) is 53.6 Å². The molecule has 9 atom stereocenters. The zero-order chi connectivity index (χ0) is 104. The summed E-state index contributed by atoms with van der Waals surface area (Å²) in [6.45, 7) is 46.8. The van der Waals surface area contributed by atoms with Crippen LogP contribution in [0.1, 0.15) is 289 Å². The van der Waals surface area contributed by atoms with Crippen molar-refractivity contribution in [2.75, 3.05) is 34.5 Å². The third-order valence-electron chi connectivity index (χ3n) is 30.1. The summed E-state index contributed by atoms with van der Waals surface area (Å²) in [5.41, 5.74) is 39.4. The van der Waals surface area contributed by atoms with Crippen molar-refractivity contribution in [3.63, 3.8) is 0 Å². The van der Waals surface area contributed by atoms with Gasteiger partial charge in [-0.3, -0.25) is 24.2 Å². The maximum Gasteiger partial charge on any atom is 0.340 e. The number of methoxy groups -OCH3 is 3. The summed E-state index contributed by atoms with van der Waals surface area (Å²) in [6.07, 6.45) is 29.9. The molecule has 143 heavy (non-hydrogen) atoms. The predicted molar refractivity (Wildman–Crippen MR) is 581 cm³/mol. The monoisotopic (exact) mass is 1980 g/mol. The number of carbonyl (C=O) groups is 5. The second-order valence-corrected chi connectivity index (χ2v) is 38.5. The second-order valence-electron chi connectivity index (χ2n) is 38.5. The van der Waals surface area contributed by atoms with E-state index in [2.05, 4.69) is 166 Å². The molecule has 24 bridgehead atoms. The van der Waals surface area contributed by atoms with Gasteiger partial charge in [0.25, 0.3) is 0 Å². The van der Waals surface area contributed by atoms with Crippen LogP contribution in [0.2, 0.25) is 0 Å². The number of unbranched alkanes of at least 4 members (excludes halogenated alkanes) is 6. The van der Waals surface area contributed by atoms with Crippen LogP contribution in [0.4, 0.5) is 0 Å². The molecule has 3 aromatic rings. The second kappa shape index (κ2) is 46.9. The molecule has 0 aromatic carbocycles. The summed E-state index contributed by atoms with van der Waals surface area (Å²) in [4.78, 5) is 110. The van der Waals surface area contributed by atoms with E-state index in [-0.39, 0.29) is 78.8 Å². The zero-order valence-corrected chi connectivity index (χ0v) is 89.3. The van der Waals surface area contributed by atoms with Crippen molar-refractivity contribution in [1.82, 2.24) is 30.6 Å². The van der Waals surface area contributed by atoms with Crippen LogP contribution in [-0.4, -0.2) is 150 Å². The molecule has 14 aliphatic rings. The number of esters is 3. The van der Waals surface area contributed by atoms with Crippen molar-refractivity contribution in [2.45, 2.75) is 271 Å². The molecular formula is C115H142N12O14P2. The lowest BCUT2D eigenvalue weighted by Gasteiger charge is -2.18. The molecular weight excluding hydrogens is 1840 g/mol. The van der Waals surface area contributed by atoms with Gasteiger partial charge in [-0.1, -0.05) is 119 Å². The van der Waals surface area contributed by atoms with Crippen molar-refractivity contribution < 1.29 is 68.5 Å². The van der Waals surface area contributed by atoms with Gasteiger partial charge in [-0.15, -0.1) is 17.9 Å². The lowest BCUT2D eigenvalue weighted by molar-refractivity contribution is -0.141. The Bertz CT molecular complexity index is 6790. The van der Waals surface area contributed by atoms with Crippen LogP contribution in [0.25, 0.3) is 39.3 Å². The van der Waals surface area contributed by atoms with Gasteiger partial charge in [0.05, 0.1) is 125 Å². The van der Waals surface area contributed by atoms with Crippen molar-refractivity contribution in [3.05, 3.63) is 271 Å². The molecule has 0 saturated carbocycles. The molecule has 15 heterocycles. The number of H-pyrrole nitrogens is 2. The van der Waals surface area contributed by atoms with Gasteiger partial charge in [0, 0.05) is 176 Å². The third-order valence-corrected chi connectivity index (χ3v) is 30.1. The summed E-state index contributed by atoms with van der Waals surface area (Å²) in [6, 6.07) is 6.04. The van der Waals surface area contributed by atoms with Crippen LogP contribution < -0.4 is 10.6 Å². The predicted octanol–water partition coefficient (Wildman–Crippen LogP) is 24.2. The largest absolute Gasteiger partial charge is 0.511 e. The number of carboxylic acids is 2. The molecule has 9 N–H and O–H groups in total. The summed E-state index contributed by atoms with van der Waals surface area (Å²) in [5.74, 6) is -2.95. The number of aliphatic carboxylic acids is 2. The van der Waals surface area contributed by atoms with E-state index in [0.717, 1.165) is 247 Å². The molecule has 26 nitrogen and oxygen atoms in total. The molecule has 3 unspecified atom stereocenters. The number of aliphatic imine (C=N–C) groups is 6. The number of carboxylic acid groups (broad SMARTS) is 2. The molecule has 28 heteroatoms. The Morgan fingerprint density at radius 3 is 1.52 bits per heavy atom. The molecule has 3 aromatic heterocycles.